The minimum Gasteiger partial charge on any atom is -0.478 e. The molecule has 0 saturated carbocycles. The summed E-state index contributed by atoms with van der Waals surface area (Å²) < 4.78 is 23.9. The largest absolute Gasteiger partial charge is 0.478 e. The van der Waals surface area contributed by atoms with E-state index in [-0.39, 0.29) is 35.1 Å². The third-order valence-corrected chi connectivity index (χ3v) is 4.85. The number of aromatic carboxylic acids is 1. The molecule has 2 heterocycles. The molecule has 2 rings (SSSR count). The van der Waals surface area contributed by atoms with Gasteiger partial charge in [0.05, 0.1) is 17.1 Å². The average Bonchev–Trinajstić information content (AvgIpc) is 2.61. The van der Waals surface area contributed by atoms with Gasteiger partial charge in [0.2, 0.25) is 0 Å². The van der Waals surface area contributed by atoms with Crippen molar-refractivity contribution in [1.29, 1.82) is 0 Å². The van der Waals surface area contributed by atoms with Crippen LogP contribution in [0.5, 0.6) is 0 Å². The summed E-state index contributed by atoms with van der Waals surface area (Å²) in [5.41, 5.74) is -0.292. The lowest BCUT2D eigenvalue weighted by Gasteiger charge is -2.10. The molecule has 1 aromatic rings. The van der Waals surface area contributed by atoms with Crippen LogP contribution in [0.1, 0.15) is 16.8 Å². The van der Waals surface area contributed by atoms with Gasteiger partial charge in [0.25, 0.3) is 5.56 Å². The van der Waals surface area contributed by atoms with Gasteiger partial charge >= 0.3 is 5.97 Å². The minimum absolute atomic E-state index is 0.0236. The first kappa shape index (κ1) is 12.8. The predicted octanol–water partition coefficient (Wildman–Crippen LogP) is -0.0188. The van der Waals surface area contributed by atoms with Gasteiger partial charge in [-0.25, -0.2) is 13.2 Å². The van der Waals surface area contributed by atoms with Crippen LogP contribution < -0.4 is 5.56 Å². The van der Waals surface area contributed by atoms with Crippen molar-refractivity contribution in [2.75, 3.05) is 11.5 Å². The molecule has 1 atom stereocenters. The number of hydrogen-bond donors (Lipinski definition) is 1. The van der Waals surface area contributed by atoms with Gasteiger partial charge in [0, 0.05) is 18.8 Å². The second-order valence-corrected chi connectivity index (χ2v) is 6.71. The van der Waals surface area contributed by atoms with Gasteiger partial charge in [0.15, 0.2) is 9.84 Å². The summed E-state index contributed by atoms with van der Waals surface area (Å²) in [6, 6.07) is 2.43. The molecule has 6 nitrogen and oxygen atoms in total. The van der Waals surface area contributed by atoms with Gasteiger partial charge in [-0.1, -0.05) is 0 Å². The predicted molar refractivity (Wildman–Crippen MR) is 64.4 cm³/mol. The molecule has 0 radical (unpaired) electrons. The topological polar surface area (TPSA) is 93.4 Å². The van der Waals surface area contributed by atoms with Crippen molar-refractivity contribution < 1.29 is 18.3 Å². The number of aromatic nitrogens is 1. The Morgan fingerprint density at radius 3 is 2.72 bits per heavy atom. The van der Waals surface area contributed by atoms with Crippen molar-refractivity contribution in [3.05, 3.63) is 34.2 Å². The number of carboxylic acid groups (broad SMARTS) is 1. The molecule has 0 aliphatic carbocycles. The fourth-order valence-electron chi connectivity index (χ4n) is 2.09. The number of hydrogen-bond acceptors (Lipinski definition) is 4. The summed E-state index contributed by atoms with van der Waals surface area (Å²) in [4.78, 5) is 22.4. The molecule has 98 valence electrons. The maximum absolute atomic E-state index is 11.6. The average molecular weight is 271 g/mol. The summed E-state index contributed by atoms with van der Waals surface area (Å²) >= 11 is 0. The second-order valence-electron chi connectivity index (χ2n) is 4.48. The van der Waals surface area contributed by atoms with Gasteiger partial charge in [-0.05, 0) is 18.4 Å². The Hall–Kier alpha value is -1.63. The molecule has 0 amide bonds. The third-order valence-electron chi connectivity index (χ3n) is 3.01. The van der Waals surface area contributed by atoms with E-state index in [1.807, 2.05) is 0 Å². The van der Waals surface area contributed by atoms with Crippen LogP contribution in [-0.4, -0.2) is 35.6 Å². The van der Waals surface area contributed by atoms with Gasteiger partial charge in [-0.2, -0.15) is 0 Å². The quantitative estimate of drug-likeness (QED) is 0.834. The number of rotatable bonds is 3. The lowest BCUT2D eigenvalue weighted by Crippen LogP contribution is -2.24. The highest BCUT2D eigenvalue weighted by atomic mass is 32.2. The lowest BCUT2D eigenvalue weighted by molar-refractivity contribution is 0.0695. The number of carboxylic acids is 1. The molecule has 18 heavy (non-hydrogen) atoms. The van der Waals surface area contributed by atoms with Crippen LogP contribution in [0.4, 0.5) is 0 Å². The Balaban J connectivity index is 2.22. The monoisotopic (exact) mass is 271 g/mol. The lowest BCUT2D eigenvalue weighted by atomic mass is 10.1. The van der Waals surface area contributed by atoms with Crippen LogP contribution in [0.3, 0.4) is 0 Å². The summed E-state index contributed by atoms with van der Waals surface area (Å²) in [5.74, 6) is -1.01. The van der Waals surface area contributed by atoms with E-state index in [1.54, 1.807) is 0 Å². The van der Waals surface area contributed by atoms with Crippen molar-refractivity contribution in [3.8, 4) is 0 Å². The van der Waals surface area contributed by atoms with Crippen molar-refractivity contribution >= 4 is 15.8 Å². The standard InChI is InChI=1S/C11H13NO5S/c13-10-2-1-9(11(14)15)6-12(10)5-8-3-4-18(16,17)7-8/h1-2,6,8H,3-5,7H2,(H,14,15). The zero-order valence-electron chi connectivity index (χ0n) is 9.57. The Kier molecular flexibility index (Phi) is 3.25. The Bertz CT molecular complexity index is 631. The minimum atomic E-state index is -2.99. The van der Waals surface area contributed by atoms with Gasteiger partial charge in [-0.3, -0.25) is 4.79 Å². The van der Waals surface area contributed by atoms with Crippen LogP contribution >= 0.6 is 0 Å². The molecule has 1 aliphatic heterocycles. The molecule has 1 fully saturated rings. The van der Waals surface area contributed by atoms with Crippen LogP contribution in [0, 0.1) is 5.92 Å². The molecule has 1 saturated heterocycles. The molecular weight excluding hydrogens is 258 g/mol. The Morgan fingerprint density at radius 1 is 1.44 bits per heavy atom. The first-order valence-electron chi connectivity index (χ1n) is 5.51. The van der Waals surface area contributed by atoms with E-state index in [4.69, 9.17) is 5.11 Å². The first-order valence-corrected chi connectivity index (χ1v) is 7.34. The van der Waals surface area contributed by atoms with E-state index in [9.17, 15) is 18.0 Å². The highest BCUT2D eigenvalue weighted by Crippen LogP contribution is 2.19. The fraction of sp³-hybridized carbons (Fsp3) is 0.455. The molecule has 1 unspecified atom stereocenters. The molecule has 1 N–H and O–H groups in total. The van der Waals surface area contributed by atoms with E-state index < -0.39 is 15.8 Å². The number of carbonyl (C=O) groups is 1. The number of sulfone groups is 1. The first-order chi connectivity index (χ1) is 8.37. The molecule has 1 aromatic heterocycles. The van der Waals surface area contributed by atoms with E-state index in [1.165, 1.54) is 22.9 Å². The summed E-state index contributed by atoms with van der Waals surface area (Å²) in [6.45, 7) is 0.249. The van der Waals surface area contributed by atoms with Gasteiger partial charge in [0.1, 0.15) is 0 Å². The Morgan fingerprint density at radius 2 is 2.17 bits per heavy atom. The Labute approximate surface area is 104 Å². The van der Waals surface area contributed by atoms with Gasteiger partial charge < -0.3 is 9.67 Å². The van der Waals surface area contributed by atoms with Crippen molar-refractivity contribution in [3.63, 3.8) is 0 Å². The summed E-state index contributed by atoms with van der Waals surface area (Å²) in [5, 5.41) is 8.83. The van der Waals surface area contributed by atoms with Crippen molar-refractivity contribution in [1.82, 2.24) is 4.57 Å². The highest BCUT2D eigenvalue weighted by molar-refractivity contribution is 7.91. The summed E-state index contributed by atoms with van der Waals surface area (Å²) in [7, 11) is -2.99. The molecule has 1 aliphatic rings. The zero-order valence-corrected chi connectivity index (χ0v) is 10.4. The van der Waals surface area contributed by atoms with E-state index in [2.05, 4.69) is 0 Å². The SMILES string of the molecule is O=C(O)c1ccc(=O)n(CC2CCS(=O)(=O)C2)c1. The zero-order chi connectivity index (χ0) is 13.3. The maximum Gasteiger partial charge on any atom is 0.337 e. The van der Waals surface area contributed by atoms with E-state index in [0.29, 0.717) is 6.42 Å². The normalized spacial score (nSPS) is 21.9. The molecule has 0 bridgehead atoms. The smallest absolute Gasteiger partial charge is 0.337 e. The molecular formula is C11H13NO5S. The van der Waals surface area contributed by atoms with Crippen LogP contribution in [-0.2, 0) is 16.4 Å². The third kappa shape index (κ3) is 2.79. The van der Waals surface area contributed by atoms with E-state index >= 15 is 0 Å². The van der Waals surface area contributed by atoms with Crippen LogP contribution in [0.2, 0.25) is 0 Å². The number of pyridine rings is 1. The highest BCUT2D eigenvalue weighted by Gasteiger charge is 2.28. The molecule has 0 aromatic carbocycles. The van der Waals surface area contributed by atoms with Gasteiger partial charge in [-0.15, -0.1) is 0 Å². The van der Waals surface area contributed by atoms with Crippen LogP contribution in [0.15, 0.2) is 23.1 Å². The van der Waals surface area contributed by atoms with Crippen molar-refractivity contribution in [2.24, 2.45) is 5.92 Å². The van der Waals surface area contributed by atoms with Crippen LogP contribution in [0.25, 0.3) is 0 Å². The molecule has 7 heteroatoms. The van der Waals surface area contributed by atoms with E-state index in [0.717, 1.165) is 0 Å². The van der Waals surface area contributed by atoms with Crippen molar-refractivity contribution in [2.45, 2.75) is 13.0 Å². The maximum atomic E-state index is 11.6. The second kappa shape index (κ2) is 4.56. The summed E-state index contributed by atoms with van der Waals surface area (Å²) in [6.07, 6.45) is 1.78. The molecule has 0 spiro atoms. The fourth-order valence-corrected chi connectivity index (χ4v) is 3.94. The number of nitrogens with zero attached hydrogens (tertiary/aromatic N) is 1.